The third-order valence-electron chi connectivity index (χ3n) is 6.56. The SMILES string of the molecule is CCOc1ccc2[nH+]cc(S(=O)(=O)c3ccc(C)cc3)c(N3CCN(c4ccc(F)cc4)CC3)c2c1. The summed E-state index contributed by atoms with van der Waals surface area (Å²) in [5, 5.41) is 0.796. The molecule has 1 N–H and O–H groups in total. The molecule has 0 radical (unpaired) electrons. The number of fused-ring (bicyclic) bond motifs is 1. The van der Waals surface area contributed by atoms with E-state index in [1.807, 2.05) is 44.2 Å². The lowest BCUT2D eigenvalue weighted by molar-refractivity contribution is -0.347. The van der Waals surface area contributed by atoms with Gasteiger partial charge in [0.15, 0.2) is 11.1 Å². The Bertz CT molecular complexity index is 1480. The van der Waals surface area contributed by atoms with Crippen molar-refractivity contribution in [3.63, 3.8) is 0 Å². The van der Waals surface area contributed by atoms with Crippen molar-refractivity contribution >= 4 is 32.1 Å². The molecule has 1 saturated heterocycles. The van der Waals surface area contributed by atoms with Gasteiger partial charge in [-0.05, 0) is 62.4 Å². The van der Waals surface area contributed by atoms with Crippen LogP contribution in [0.3, 0.4) is 0 Å². The van der Waals surface area contributed by atoms with Crippen molar-refractivity contribution in [2.75, 3.05) is 42.6 Å². The van der Waals surface area contributed by atoms with Crippen LogP contribution in [0.4, 0.5) is 15.8 Å². The lowest BCUT2D eigenvalue weighted by Gasteiger charge is -2.38. The molecule has 0 aliphatic carbocycles. The minimum atomic E-state index is -3.79. The van der Waals surface area contributed by atoms with Crippen LogP contribution in [-0.4, -0.2) is 41.2 Å². The van der Waals surface area contributed by atoms with Gasteiger partial charge in [-0.1, -0.05) is 17.7 Å². The van der Waals surface area contributed by atoms with Crippen molar-refractivity contribution < 1.29 is 22.5 Å². The fourth-order valence-corrected chi connectivity index (χ4v) is 6.12. The molecule has 2 heterocycles. The largest absolute Gasteiger partial charge is 0.494 e. The summed E-state index contributed by atoms with van der Waals surface area (Å²) >= 11 is 0. The zero-order chi connectivity index (χ0) is 25.3. The number of rotatable bonds is 6. The van der Waals surface area contributed by atoms with Crippen LogP contribution in [0.15, 0.2) is 82.7 Å². The number of benzene rings is 3. The van der Waals surface area contributed by atoms with E-state index >= 15 is 0 Å². The van der Waals surface area contributed by atoms with E-state index in [0.29, 0.717) is 44.2 Å². The predicted molar refractivity (Wildman–Crippen MR) is 139 cm³/mol. The Labute approximate surface area is 210 Å². The molecule has 6 nitrogen and oxygen atoms in total. The van der Waals surface area contributed by atoms with E-state index in [-0.39, 0.29) is 15.6 Å². The summed E-state index contributed by atoms with van der Waals surface area (Å²) in [6, 6.07) is 19.1. The first-order valence-electron chi connectivity index (χ1n) is 12.1. The molecule has 0 amide bonds. The summed E-state index contributed by atoms with van der Waals surface area (Å²) in [6.07, 6.45) is 1.60. The van der Waals surface area contributed by atoms with Gasteiger partial charge in [0.2, 0.25) is 15.4 Å². The van der Waals surface area contributed by atoms with Gasteiger partial charge in [-0.3, -0.25) is 0 Å². The van der Waals surface area contributed by atoms with E-state index in [1.54, 1.807) is 30.5 Å². The minimum absolute atomic E-state index is 0.239. The third-order valence-corrected chi connectivity index (χ3v) is 8.34. The van der Waals surface area contributed by atoms with E-state index in [2.05, 4.69) is 14.8 Å². The number of nitrogens with zero attached hydrogens (tertiary/aromatic N) is 2. The van der Waals surface area contributed by atoms with Crippen LogP contribution in [0.5, 0.6) is 5.75 Å². The molecule has 0 unspecified atom stereocenters. The second kappa shape index (κ2) is 9.78. The Morgan fingerprint density at radius 2 is 1.58 bits per heavy atom. The van der Waals surface area contributed by atoms with Crippen LogP contribution >= 0.6 is 0 Å². The first kappa shape index (κ1) is 24.1. The number of pyridine rings is 1. The summed E-state index contributed by atoms with van der Waals surface area (Å²) < 4.78 is 46.9. The summed E-state index contributed by atoms with van der Waals surface area (Å²) in [7, 11) is -3.79. The number of aromatic nitrogens is 1. The first-order chi connectivity index (χ1) is 17.4. The Morgan fingerprint density at radius 3 is 2.25 bits per heavy atom. The van der Waals surface area contributed by atoms with Crippen molar-refractivity contribution in [1.82, 2.24) is 0 Å². The molecule has 0 saturated carbocycles. The topological polar surface area (TPSA) is 64.0 Å². The highest BCUT2D eigenvalue weighted by molar-refractivity contribution is 7.91. The second-order valence-electron chi connectivity index (χ2n) is 8.91. The van der Waals surface area contributed by atoms with Gasteiger partial charge in [0, 0.05) is 37.9 Å². The summed E-state index contributed by atoms with van der Waals surface area (Å²) in [4.78, 5) is 8.00. The summed E-state index contributed by atoms with van der Waals surface area (Å²) in [5.41, 5.74) is 3.45. The molecule has 186 valence electrons. The van der Waals surface area contributed by atoms with E-state index in [4.69, 9.17) is 4.74 Å². The van der Waals surface area contributed by atoms with Gasteiger partial charge < -0.3 is 14.5 Å². The number of aromatic amines is 1. The Balaban J connectivity index is 1.59. The van der Waals surface area contributed by atoms with Crippen LogP contribution in [0.25, 0.3) is 10.9 Å². The van der Waals surface area contributed by atoms with Crippen LogP contribution in [0.2, 0.25) is 0 Å². The number of H-pyrrole nitrogens is 1. The summed E-state index contributed by atoms with van der Waals surface area (Å²) in [6.45, 7) is 6.97. The van der Waals surface area contributed by atoms with Gasteiger partial charge >= 0.3 is 0 Å². The molecule has 5 rings (SSSR count). The normalized spacial score (nSPS) is 14.3. The fourth-order valence-electron chi connectivity index (χ4n) is 4.66. The Hall–Kier alpha value is -3.65. The molecule has 36 heavy (non-hydrogen) atoms. The third kappa shape index (κ3) is 4.60. The molecule has 0 spiro atoms. The van der Waals surface area contributed by atoms with Gasteiger partial charge in [0.05, 0.1) is 22.6 Å². The zero-order valence-corrected chi connectivity index (χ0v) is 21.2. The molecule has 8 heteroatoms. The number of halogens is 1. The second-order valence-corrected chi connectivity index (χ2v) is 10.8. The predicted octanol–water partition coefficient (Wildman–Crippen LogP) is 4.66. The Morgan fingerprint density at radius 1 is 0.917 bits per heavy atom. The van der Waals surface area contributed by atoms with Gasteiger partial charge in [0.25, 0.3) is 0 Å². The molecule has 1 aromatic heterocycles. The van der Waals surface area contributed by atoms with Crippen molar-refractivity contribution in [2.45, 2.75) is 23.6 Å². The van der Waals surface area contributed by atoms with Crippen molar-refractivity contribution in [3.8, 4) is 5.75 Å². The highest BCUT2D eigenvalue weighted by Gasteiger charge is 2.31. The first-order valence-corrected chi connectivity index (χ1v) is 13.5. The highest BCUT2D eigenvalue weighted by atomic mass is 32.2. The molecule has 0 atom stereocenters. The van der Waals surface area contributed by atoms with E-state index in [1.165, 1.54) is 12.1 Å². The molecule has 0 bridgehead atoms. The van der Waals surface area contributed by atoms with E-state index < -0.39 is 9.84 Å². The van der Waals surface area contributed by atoms with Crippen molar-refractivity contribution in [3.05, 3.63) is 84.3 Å². The average molecular weight is 507 g/mol. The zero-order valence-electron chi connectivity index (χ0n) is 20.4. The number of anilines is 2. The van der Waals surface area contributed by atoms with Gasteiger partial charge in [-0.25, -0.2) is 17.8 Å². The number of hydrogen-bond donors (Lipinski definition) is 0. The monoisotopic (exact) mass is 506 g/mol. The van der Waals surface area contributed by atoms with Gasteiger partial charge in [0.1, 0.15) is 11.6 Å². The molecular formula is C28H29FN3O3S+. The maximum Gasteiger partial charge on any atom is 0.214 e. The fraction of sp³-hybridized carbons (Fsp3) is 0.250. The lowest BCUT2D eigenvalue weighted by atomic mass is 10.1. The smallest absolute Gasteiger partial charge is 0.214 e. The summed E-state index contributed by atoms with van der Waals surface area (Å²) in [5.74, 6) is 0.426. The molecule has 1 aliphatic heterocycles. The molecule has 1 aliphatic rings. The molecule has 3 aromatic carbocycles. The number of ether oxygens (including phenoxy) is 1. The average Bonchev–Trinajstić information content (AvgIpc) is 2.89. The highest BCUT2D eigenvalue weighted by Crippen LogP contribution is 2.37. The van der Waals surface area contributed by atoms with Crippen molar-refractivity contribution in [2.24, 2.45) is 0 Å². The maximum atomic E-state index is 13.9. The van der Waals surface area contributed by atoms with Crippen LogP contribution in [-0.2, 0) is 9.84 Å². The Kier molecular flexibility index (Phi) is 6.53. The van der Waals surface area contributed by atoms with Gasteiger partial charge in [-0.2, -0.15) is 0 Å². The van der Waals surface area contributed by atoms with Crippen molar-refractivity contribution in [1.29, 1.82) is 0 Å². The van der Waals surface area contributed by atoms with Crippen LogP contribution < -0.4 is 19.5 Å². The molecule has 1 fully saturated rings. The van der Waals surface area contributed by atoms with Crippen LogP contribution in [0, 0.1) is 12.7 Å². The standard InChI is InChI=1S/C28H28FN3O3S/c1-3-35-23-10-13-26-25(18-23)28(27(19-30-26)36(33,34)24-11-4-20(2)5-12-24)32-16-14-31(15-17-32)22-8-6-21(29)7-9-22/h4-13,18-19H,3,14-17H2,1-2H3/p+1. The molecular weight excluding hydrogens is 477 g/mol. The molecule has 4 aromatic rings. The number of piperazine rings is 1. The van der Waals surface area contributed by atoms with Crippen LogP contribution in [0.1, 0.15) is 12.5 Å². The lowest BCUT2D eigenvalue weighted by Crippen LogP contribution is -2.47. The van der Waals surface area contributed by atoms with Gasteiger partial charge in [-0.15, -0.1) is 0 Å². The number of sulfone groups is 1. The van der Waals surface area contributed by atoms with E-state index in [0.717, 1.165) is 22.2 Å². The number of nitrogens with one attached hydrogen (secondary N) is 1. The quantitative estimate of drug-likeness (QED) is 0.381. The minimum Gasteiger partial charge on any atom is -0.494 e. The number of hydrogen-bond acceptors (Lipinski definition) is 5. The van der Waals surface area contributed by atoms with E-state index in [9.17, 15) is 12.8 Å². The maximum absolute atomic E-state index is 13.9. The number of aryl methyl sites for hydroxylation is 1.